The number of benzene rings is 1. The van der Waals surface area contributed by atoms with E-state index >= 15 is 0 Å². The number of likely N-dealkylation sites (tertiary alicyclic amines) is 1. The lowest BCUT2D eigenvalue weighted by molar-refractivity contribution is -0.162. The molecular weight excluding hydrogens is 293 g/mol. The Balaban J connectivity index is 2.12. The second-order valence-corrected chi connectivity index (χ2v) is 5.93. The first-order valence-corrected chi connectivity index (χ1v) is 7.45. The Bertz CT molecular complexity index is 504. The van der Waals surface area contributed by atoms with E-state index in [0.717, 1.165) is 0 Å². The Labute approximate surface area is 128 Å². The Morgan fingerprint density at radius 3 is 2.55 bits per heavy atom. The fraction of sp³-hybridized carbons (Fsp3) is 0.562. The molecule has 3 unspecified atom stereocenters. The number of rotatable bonds is 3. The highest BCUT2D eigenvalue weighted by Crippen LogP contribution is 2.38. The molecule has 0 radical (unpaired) electrons. The summed E-state index contributed by atoms with van der Waals surface area (Å²) in [6.07, 6.45) is -3.72. The molecular formula is C16H21F3N2O. The lowest BCUT2D eigenvalue weighted by atomic mass is 9.92. The van der Waals surface area contributed by atoms with Gasteiger partial charge < -0.3 is 10.6 Å². The number of carbonyl (C=O) groups excluding carboxylic acids is 1. The monoisotopic (exact) mass is 314 g/mol. The number of alkyl halides is 3. The summed E-state index contributed by atoms with van der Waals surface area (Å²) in [4.78, 5) is 13.9. The first-order valence-electron chi connectivity index (χ1n) is 7.45. The van der Waals surface area contributed by atoms with Crippen LogP contribution in [0.2, 0.25) is 0 Å². The molecule has 1 heterocycles. The molecule has 1 fully saturated rings. The van der Waals surface area contributed by atoms with Crippen LogP contribution in [0.5, 0.6) is 0 Å². The Kier molecular flexibility index (Phi) is 5.11. The van der Waals surface area contributed by atoms with Crippen molar-refractivity contribution in [2.75, 3.05) is 6.54 Å². The van der Waals surface area contributed by atoms with E-state index < -0.39 is 24.4 Å². The van der Waals surface area contributed by atoms with Crippen LogP contribution in [0.15, 0.2) is 30.3 Å². The minimum Gasteiger partial charge on any atom is -0.340 e. The molecule has 6 heteroatoms. The molecule has 0 saturated carbocycles. The summed E-state index contributed by atoms with van der Waals surface area (Å²) < 4.78 is 39.9. The second-order valence-electron chi connectivity index (χ2n) is 5.93. The molecule has 3 nitrogen and oxygen atoms in total. The molecule has 2 rings (SSSR count). The maximum Gasteiger partial charge on any atom is 0.396 e. The molecule has 2 N–H and O–H groups in total. The van der Waals surface area contributed by atoms with Crippen molar-refractivity contribution in [3.63, 3.8) is 0 Å². The lowest BCUT2D eigenvalue weighted by Gasteiger charge is -2.37. The number of carbonyl (C=O) groups is 1. The smallest absolute Gasteiger partial charge is 0.340 e. The summed E-state index contributed by atoms with van der Waals surface area (Å²) in [5.74, 6) is -2.21. The van der Waals surface area contributed by atoms with Crippen LogP contribution in [-0.4, -0.2) is 35.6 Å². The third kappa shape index (κ3) is 4.00. The highest BCUT2D eigenvalue weighted by atomic mass is 19.4. The van der Waals surface area contributed by atoms with Gasteiger partial charge in [-0.2, -0.15) is 13.2 Å². The van der Waals surface area contributed by atoms with E-state index in [0.29, 0.717) is 19.4 Å². The van der Waals surface area contributed by atoms with E-state index in [1.165, 1.54) is 17.0 Å². The predicted molar refractivity (Wildman–Crippen MR) is 78.2 cm³/mol. The Morgan fingerprint density at radius 2 is 2.00 bits per heavy atom. The summed E-state index contributed by atoms with van der Waals surface area (Å²) >= 11 is 0. The molecule has 1 aliphatic rings. The van der Waals surface area contributed by atoms with E-state index in [1.807, 2.05) is 6.92 Å². The van der Waals surface area contributed by atoms with E-state index in [1.54, 1.807) is 18.2 Å². The van der Waals surface area contributed by atoms with Gasteiger partial charge in [-0.1, -0.05) is 30.3 Å². The number of halogens is 3. The Hall–Kier alpha value is -1.56. The summed E-state index contributed by atoms with van der Waals surface area (Å²) in [6, 6.07) is 7.52. The minimum atomic E-state index is -4.44. The van der Waals surface area contributed by atoms with Crippen molar-refractivity contribution in [1.82, 2.24) is 4.90 Å². The molecule has 1 aromatic carbocycles. The molecule has 1 aromatic rings. The van der Waals surface area contributed by atoms with Gasteiger partial charge >= 0.3 is 6.18 Å². The quantitative estimate of drug-likeness (QED) is 0.932. The van der Waals surface area contributed by atoms with Crippen LogP contribution in [-0.2, 0) is 4.79 Å². The minimum absolute atomic E-state index is 0.0200. The van der Waals surface area contributed by atoms with Gasteiger partial charge in [0.2, 0.25) is 5.91 Å². The molecule has 0 bridgehead atoms. The summed E-state index contributed by atoms with van der Waals surface area (Å²) in [5.41, 5.74) is 5.96. The van der Waals surface area contributed by atoms with Crippen LogP contribution < -0.4 is 5.73 Å². The van der Waals surface area contributed by atoms with Gasteiger partial charge in [0.05, 0.1) is 5.92 Å². The van der Waals surface area contributed by atoms with Crippen LogP contribution in [0, 0.1) is 0 Å². The number of piperidine rings is 1. The second kappa shape index (κ2) is 6.69. The van der Waals surface area contributed by atoms with E-state index in [9.17, 15) is 18.0 Å². The lowest BCUT2D eigenvalue weighted by Crippen LogP contribution is -2.49. The van der Waals surface area contributed by atoms with Crippen molar-refractivity contribution in [2.45, 2.75) is 50.4 Å². The van der Waals surface area contributed by atoms with Crippen LogP contribution in [0.25, 0.3) is 0 Å². The molecule has 0 aliphatic carbocycles. The number of amides is 1. The van der Waals surface area contributed by atoms with Gasteiger partial charge in [-0.05, 0) is 25.3 Å². The van der Waals surface area contributed by atoms with Crippen molar-refractivity contribution >= 4 is 5.91 Å². The summed E-state index contributed by atoms with van der Waals surface area (Å²) in [5, 5.41) is 0. The first-order chi connectivity index (χ1) is 10.3. The van der Waals surface area contributed by atoms with Gasteiger partial charge in [-0.25, -0.2) is 0 Å². The molecule has 1 aliphatic heterocycles. The van der Waals surface area contributed by atoms with Crippen LogP contribution in [0.1, 0.15) is 37.7 Å². The fourth-order valence-corrected chi connectivity index (χ4v) is 2.98. The topological polar surface area (TPSA) is 46.3 Å². The molecule has 122 valence electrons. The highest BCUT2D eigenvalue weighted by Gasteiger charge is 2.43. The summed E-state index contributed by atoms with van der Waals surface area (Å²) in [6.45, 7) is 2.27. The van der Waals surface area contributed by atoms with Gasteiger partial charge in [0.25, 0.3) is 0 Å². The largest absolute Gasteiger partial charge is 0.396 e. The van der Waals surface area contributed by atoms with Crippen molar-refractivity contribution in [3.8, 4) is 0 Å². The standard InChI is InChI=1S/C16H21F3N2O/c1-11-9-13(20)7-8-21(11)15(22)10-14(16(17,18)19)12-5-3-2-4-6-12/h2-6,11,13-14H,7-10,20H2,1H3. The number of nitrogens with zero attached hydrogens (tertiary/aromatic N) is 1. The van der Waals surface area contributed by atoms with Crippen LogP contribution in [0.3, 0.4) is 0 Å². The number of hydrogen-bond donors (Lipinski definition) is 1. The summed E-state index contributed by atoms with van der Waals surface area (Å²) in [7, 11) is 0. The number of hydrogen-bond acceptors (Lipinski definition) is 2. The molecule has 22 heavy (non-hydrogen) atoms. The van der Waals surface area contributed by atoms with Gasteiger partial charge in [-0.15, -0.1) is 0 Å². The maximum atomic E-state index is 13.3. The van der Waals surface area contributed by atoms with Gasteiger partial charge in [0.1, 0.15) is 0 Å². The zero-order valence-corrected chi connectivity index (χ0v) is 12.5. The average molecular weight is 314 g/mol. The third-order valence-corrected chi connectivity index (χ3v) is 4.21. The van der Waals surface area contributed by atoms with E-state index in [-0.39, 0.29) is 17.6 Å². The molecule has 3 atom stereocenters. The van der Waals surface area contributed by atoms with Gasteiger partial charge in [0, 0.05) is 25.0 Å². The number of nitrogens with two attached hydrogens (primary N) is 1. The third-order valence-electron chi connectivity index (χ3n) is 4.21. The van der Waals surface area contributed by atoms with Gasteiger partial charge in [-0.3, -0.25) is 4.79 Å². The van der Waals surface area contributed by atoms with E-state index in [2.05, 4.69) is 0 Å². The SMILES string of the molecule is CC1CC(N)CCN1C(=O)CC(c1ccccc1)C(F)(F)F. The molecule has 1 saturated heterocycles. The highest BCUT2D eigenvalue weighted by molar-refractivity contribution is 5.77. The maximum absolute atomic E-state index is 13.3. The fourth-order valence-electron chi connectivity index (χ4n) is 2.98. The van der Waals surface area contributed by atoms with Gasteiger partial charge in [0.15, 0.2) is 0 Å². The molecule has 1 amide bonds. The first kappa shape index (κ1) is 16.8. The van der Waals surface area contributed by atoms with Crippen molar-refractivity contribution < 1.29 is 18.0 Å². The normalized spacial score (nSPS) is 24.1. The molecule has 0 spiro atoms. The Morgan fingerprint density at radius 1 is 1.36 bits per heavy atom. The van der Waals surface area contributed by atoms with Crippen molar-refractivity contribution in [1.29, 1.82) is 0 Å². The van der Waals surface area contributed by atoms with Crippen molar-refractivity contribution in [3.05, 3.63) is 35.9 Å². The van der Waals surface area contributed by atoms with Crippen molar-refractivity contribution in [2.24, 2.45) is 5.73 Å². The zero-order valence-electron chi connectivity index (χ0n) is 12.5. The van der Waals surface area contributed by atoms with Crippen LogP contribution in [0.4, 0.5) is 13.2 Å². The average Bonchev–Trinajstić information content (AvgIpc) is 2.44. The van der Waals surface area contributed by atoms with E-state index in [4.69, 9.17) is 5.73 Å². The zero-order chi connectivity index (χ0) is 16.3. The van der Waals surface area contributed by atoms with Crippen LogP contribution >= 0.6 is 0 Å². The molecule has 0 aromatic heterocycles. The predicted octanol–water partition coefficient (Wildman–Crippen LogP) is 3.06.